The molecule has 0 fully saturated rings. The van der Waals surface area contributed by atoms with E-state index in [4.69, 9.17) is 5.73 Å². The van der Waals surface area contributed by atoms with Gasteiger partial charge in [0.2, 0.25) is 0 Å². The maximum Gasteiger partial charge on any atom is 0.137 e. The zero-order valence-electron chi connectivity index (χ0n) is 12.1. The lowest BCUT2D eigenvalue weighted by Gasteiger charge is -2.22. The molecule has 21 heavy (non-hydrogen) atoms. The molecule has 1 atom stereocenters. The van der Waals surface area contributed by atoms with Crippen molar-refractivity contribution in [2.24, 2.45) is 5.92 Å². The van der Waals surface area contributed by atoms with Crippen LogP contribution in [0.2, 0.25) is 0 Å². The Morgan fingerprint density at radius 1 is 1.19 bits per heavy atom. The molecule has 0 saturated carbocycles. The summed E-state index contributed by atoms with van der Waals surface area (Å²) in [6, 6.07) is 10.2. The minimum atomic E-state index is 0.226. The van der Waals surface area contributed by atoms with Crippen molar-refractivity contribution in [3.8, 4) is 0 Å². The summed E-state index contributed by atoms with van der Waals surface area (Å²) < 4.78 is 0. The van der Waals surface area contributed by atoms with Crippen LogP contribution < -0.4 is 11.1 Å². The van der Waals surface area contributed by atoms with Gasteiger partial charge in [-0.1, -0.05) is 19.9 Å². The molecule has 0 spiro atoms. The Kier molecular flexibility index (Phi) is 3.75. The topological polar surface area (TPSA) is 63.8 Å². The van der Waals surface area contributed by atoms with E-state index in [9.17, 15) is 0 Å². The standard InChI is InChI=1S/C16H18N4S/c1-10(2)15(14-4-3-7-21-14)20-16-12-8-11(17)5-6-13(12)18-9-19-16/h3-10,15H,17H2,1-2H3,(H,18,19,20). The fraction of sp³-hybridized carbons (Fsp3) is 0.250. The van der Waals surface area contributed by atoms with Gasteiger partial charge in [-0.25, -0.2) is 9.97 Å². The molecular weight excluding hydrogens is 280 g/mol. The highest BCUT2D eigenvalue weighted by atomic mass is 32.1. The minimum absolute atomic E-state index is 0.226. The first-order valence-corrected chi connectivity index (χ1v) is 7.83. The summed E-state index contributed by atoms with van der Waals surface area (Å²) in [7, 11) is 0. The van der Waals surface area contributed by atoms with Crippen LogP contribution >= 0.6 is 11.3 Å². The summed E-state index contributed by atoms with van der Waals surface area (Å²) in [4.78, 5) is 10.0. The molecule has 0 aliphatic heterocycles. The third-order valence-corrected chi connectivity index (χ3v) is 4.42. The number of nitrogens with one attached hydrogen (secondary N) is 1. The maximum atomic E-state index is 5.90. The molecule has 0 saturated heterocycles. The molecule has 1 aromatic carbocycles. The average molecular weight is 298 g/mol. The Morgan fingerprint density at radius 3 is 2.76 bits per heavy atom. The van der Waals surface area contributed by atoms with E-state index < -0.39 is 0 Å². The Labute approximate surface area is 128 Å². The van der Waals surface area contributed by atoms with E-state index in [2.05, 4.69) is 46.6 Å². The highest BCUT2D eigenvalue weighted by molar-refractivity contribution is 7.10. The molecule has 2 aromatic heterocycles. The Hall–Kier alpha value is -2.14. The second-order valence-electron chi connectivity index (χ2n) is 5.38. The fourth-order valence-electron chi connectivity index (χ4n) is 2.37. The predicted molar refractivity (Wildman–Crippen MR) is 89.5 cm³/mol. The lowest BCUT2D eigenvalue weighted by molar-refractivity contribution is 0.552. The molecule has 0 aliphatic carbocycles. The summed E-state index contributed by atoms with van der Waals surface area (Å²) >= 11 is 1.76. The van der Waals surface area contributed by atoms with Crippen LogP contribution in [0.25, 0.3) is 10.9 Å². The molecule has 0 aliphatic rings. The van der Waals surface area contributed by atoms with Crippen molar-refractivity contribution in [1.29, 1.82) is 0 Å². The third-order valence-electron chi connectivity index (χ3n) is 3.47. The summed E-state index contributed by atoms with van der Waals surface area (Å²) in [5.74, 6) is 1.29. The number of hydrogen-bond donors (Lipinski definition) is 2. The summed E-state index contributed by atoms with van der Waals surface area (Å²) in [6.07, 6.45) is 1.59. The van der Waals surface area contributed by atoms with Gasteiger partial charge in [-0.2, -0.15) is 0 Å². The SMILES string of the molecule is CC(C)C(Nc1ncnc2ccc(N)cc12)c1cccs1. The van der Waals surface area contributed by atoms with Gasteiger partial charge in [0.15, 0.2) is 0 Å². The van der Waals surface area contributed by atoms with Crippen LogP contribution in [0.1, 0.15) is 24.8 Å². The van der Waals surface area contributed by atoms with Crippen molar-refractivity contribution in [3.05, 3.63) is 46.9 Å². The number of nitrogen functional groups attached to an aromatic ring is 1. The number of rotatable bonds is 4. The molecule has 3 aromatic rings. The number of nitrogens with zero attached hydrogens (tertiary/aromatic N) is 2. The van der Waals surface area contributed by atoms with Crippen LogP contribution in [0.5, 0.6) is 0 Å². The largest absolute Gasteiger partial charge is 0.399 e. The number of nitrogens with two attached hydrogens (primary N) is 1. The quantitative estimate of drug-likeness (QED) is 0.712. The highest BCUT2D eigenvalue weighted by Crippen LogP contribution is 2.31. The number of benzene rings is 1. The fourth-order valence-corrected chi connectivity index (χ4v) is 3.32. The molecule has 108 valence electrons. The molecule has 5 heteroatoms. The van der Waals surface area contributed by atoms with Crippen molar-refractivity contribution in [2.75, 3.05) is 11.1 Å². The van der Waals surface area contributed by atoms with Crippen molar-refractivity contribution in [3.63, 3.8) is 0 Å². The molecule has 3 rings (SSSR count). The Balaban J connectivity index is 2.02. The molecule has 0 amide bonds. The molecule has 4 nitrogen and oxygen atoms in total. The predicted octanol–water partition coefficient (Wildman–Crippen LogP) is 4.08. The summed E-state index contributed by atoms with van der Waals surface area (Å²) in [5, 5.41) is 6.61. The van der Waals surface area contributed by atoms with Crippen LogP contribution in [0, 0.1) is 5.92 Å². The second kappa shape index (κ2) is 5.69. The van der Waals surface area contributed by atoms with Crippen LogP contribution in [0.4, 0.5) is 11.5 Å². The Morgan fingerprint density at radius 2 is 2.05 bits per heavy atom. The van der Waals surface area contributed by atoms with E-state index in [1.54, 1.807) is 17.7 Å². The second-order valence-corrected chi connectivity index (χ2v) is 6.36. The molecule has 0 radical (unpaired) electrons. The number of hydrogen-bond acceptors (Lipinski definition) is 5. The van der Waals surface area contributed by atoms with E-state index in [1.165, 1.54) is 4.88 Å². The van der Waals surface area contributed by atoms with Gasteiger partial charge < -0.3 is 11.1 Å². The zero-order valence-corrected chi connectivity index (χ0v) is 12.9. The van der Waals surface area contributed by atoms with Gasteiger partial charge in [0.05, 0.1) is 11.6 Å². The zero-order chi connectivity index (χ0) is 14.8. The first-order valence-electron chi connectivity index (χ1n) is 6.95. The Bertz CT molecular complexity index is 737. The van der Waals surface area contributed by atoms with E-state index in [1.807, 2.05) is 18.2 Å². The van der Waals surface area contributed by atoms with E-state index >= 15 is 0 Å². The van der Waals surface area contributed by atoms with Gasteiger partial charge in [0, 0.05) is 16.0 Å². The number of aromatic nitrogens is 2. The molecular formula is C16H18N4S. The third kappa shape index (κ3) is 2.83. The van der Waals surface area contributed by atoms with Crippen LogP contribution in [-0.2, 0) is 0 Å². The highest BCUT2D eigenvalue weighted by Gasteiger charge is 2.18. The molecule has 1 unspecified atom stereocenters. The number of thiophene rings is 1. The minimum Gasteiger partial charge on any atom is -0.399 e. The van der Waals surface area contributed by atoms with Gasteiger partial charge in [-0.05, 0) is 35.6 Å². The first-order chi connectivity index (χ1) is 10.1. The van der Waals surface area contributed by atoms with E-state index in [-0.39, 0.29) is 6.04 Å². The van der Waals surface area contributed by atoms with Crippen molar-refractivity contribution in [1.82, 2.24) is 9.97 Å². The molecule has 2 heterocycles. The summed E-state index contributed by atoms with van der Waals surface area (Å²) in [5.41, 5.74) is 7.52. The molecule has 3 N–H and O–H groups in total. The monoisotopic (exact) mass is 298 g/mol. The van der Waals surface area contributed by atoms with Crippen LogP contribution in [0.15, 0.2) is 42.0 Å². The van der Waals surface area contributed by atoms with Crippen molar-refractivity contribution < 1.29 is 0 Å². The van der Waals surface area contributed by atoms with Gasteiger partial charge in [0.1, 0.15) is 12.1 Å². The number of anilines is 2. The smallest absolute Gasteiger partial charge is 0.137 e. The van der Waals surface area contributed by atoms with E-state index in [0.29, 0.717) is 5.92 Å². The maximum absolute atomic E-state index is 5.90. The van der Waals surface area contributed by atoms with Crippen molar-refractivity contribution in [2.45, 2.75) is 19.9 Å². The summed E-state index contributed by atoms with van der Waals surface area (Å²) in [6.45, 7) is 4.41. The van der Waals surface area contributed by atoms with Gasteiger partial charge in [0.25, 0.3) is 0 Å². The van der Waals surface area contributed by atoms with Gasteiger partial charge in [-0.15, -0.1) is 11.3 Å². The van der Waals surface area contributed by atoms with E-state index in [0.717, 1.165) is 22.4 Å². The van der Waals surface area contributed by atoms with Crippen molar-refractivity contribution >= 4 is 33.7 Å². The normalized spacial score (nSPS) is 12.7. The van der Waals surface area contributed by atoms with Crippen LogP contribution in [-0.4, -0.2) is 9.97 Å². The lowest BCUT2D eigenvalue weighted by atomic mass is 10.0. The number of fused-ring (bicyclic) bond motifs is 1. The van der Waals surface area contributed by atoms with Crippen LogP contribution in [0.3, 0.4) is 0 Å². The van der Waals surface area contributed by atoms with Gasteiger partial charge in [-0.3, -0.25) is 0 Å². The lowest BCUT2D eigenvalue weighted by Crippen LogP contribution is -2.16. The molecule has 0 bridgehead atoms. The van der Waals surface area contributed by atoms with Gasteiger partial charge >= 0.3 is 0 Å². The average Bonchev–Trinajstić information content (AvgIpc) is 2.98. The first kappa shape index (κ1) is 13.8.